The monoisotopic (exact) mass is 357 g/mol. The number of ether oxygens (including phenoxy) is 1. The average molecular weight is 357 g/mol. The van der Waals surface area contributed by atoms with Crippen LogP contribution in [0.15, 0.2) is 78.9 Å². The maximum atomic E-state index is 12.7. The van der Waals surface area contributed by atoms with E-state index in [1.54, 1.807) is 24.3 Å². The predicted molar refractivity (Wildman–Crippen MR) is 98.5 cm³/mol. The number of para-hydroxylation sites is 1. The molecule has 1 aliphatic heterocycles. The molecule has 0 atom stereocenters. The normalized spacial score (nSPS) is 12.8. The SMILES string of the molecule is O=C(Oc1ccccc1)c1ccc2c(c1)C(=O)N(Cc1ccccc1)C2=O. The number of hydrogen-bond donors (Lipinski definition) is 0. The second-order valence-electron chi connectivity index (χ2n) is 6.14. The summed E-state index contributed by atoms with van der Waals surface area (Å²) in [6.45, 7) is 0.191. The van der Waals surface area contributed by atoms with Crippen LogP contribution in [0.25, 0.3) is 0 Å². The van der Waals surface area contributed by atoms with Crippen LogP contribution in [0.3, 0.4) is 0 Å². The Morgan fingerprint density at radius 1 is 0.778 bits per heavy atom. The van der Waals surface area contributed by atoms with E-state index in [0.717, 1.165) is 5.56 Å². The van der Waals surface area contributed by atoms with E-state index in [0.29, 0.717) is 11.3 Å². The molecule has 0 N–H and O–H groups in total. The Morgan fingerprint density at radius 3 is 2.11 bits per heavy atom. The van der Waals surface area contributed by atoms with Gasteiger partial charge in [-0.2, -0.15) is 0 Å². The molecule has 5 heteroatoms. The summed E-state index contributed by atoms with van der Waals surface area (Å²) in [7, 11) is 0. The van der Waals surface area contributed by atoms with Gasteiger partial charge >= 0.3 is 5.97 Å². The third-order valence-corrected chi connectivity index (χ3v) is 4.34. The Hall–Kier alpha value is -3.73. The fourth-order valence-corrected chi connectivity index (χ4v) is 2.98. The highest BCUT2D eigenvalue weighted by molar-refractivity contribution is 6.21. The molecule has 0 spiro atoms. The lowest BCUT2D eigenvalue weighted by atomic mass is 10.1. The smallest absolute Gasteiger partial charge is 0.343 e. The van der Waals surface area contributed by atoms with Gasteiger partial charge in [-0.05, 0) is 35.9 Å². The van der Waals surface area contributed by atoms with Crippen LogP contribution in [0.2, 0.25) is 0 Å². The molecule has 0 saturated carbocycles. The number of benzene rings is 3. The van der Waals surface area contributed by atoms with Crippen molar-refractivity contribution in [3.63, 3.8) is 0 Å². The number of fused-ring (bicyclic) bond motifs is 1. The molecule has 0 bridgehead atoms. The number of imide groups is 1. The molecule has 0 unspecified atom stereocenters. The van der Waals surface area contributed by atoms with Crippen LogP contribution in [0.4, 0.5) is 0 Å². The summed E-state index contributed by atoms with van der Waals surface area (Å²) in [4.78, 5) is 38.8. The first-order valence-electron chi connectivity index (χ1n) is 8.45. The standard InChI is InChI=1S/C22H15NO4/c24-20-18-12-11-16(22(26)27-17-9-5-2-6-10-17)13-19(18)21(25)23(20)14-15-7-3-1-4-8-15/h1-13H,14H2. The molecule has 4 rings (SSSR count). The van der Waals surface area contributed by atoms with Crippen molar-refractivity contribution in [3.8, 4) is 5.75 Å². The lowest BCUT2D eigenvalue weighted by Crippen LogP contribution is -2.29. The van der Waals surface area contributed by atoms with Crippen LogP contribution < -0.4 is 4.74 Å². The maximum Gasteiger partial charge on any atom is 0.343 e. The van der Waals surface area contributed by atoms with Crippen molar-refractivity contribution in [2.75, 3.05) is 0 Å². The van der Waals surface area contributed by atoms with Crippen molar-refractivity contribution in [1.82, 2.24) is 4.90 Å². The van der Waals surface area contributed by atoms with E-state index >= 15 is 0 Å². The molecule has 3 aromatic carbocycles. The summed E-state index contributed by atoms with van der Waals surface area (Å²) in [5.41, 5.74) is 1.60. The van der Waals surface area contributed by atoms with Gasteiger partial charge in [0.15, 0.2) is 0 Å². The highest BCUT2D eigenvalue weighted by atomic mass is 16.5. The zero-order chi connectivity index (χ0) is 18.8. The summed E-state index contributed by atoms with van der Waals surface area (Å²) < 4.78 is 5.30. The lowest BCUT2D eigenvalue weighted by Gasteiger charge is -2.13. The van der Waals surface area contributed by atoms with E-state index in [2.05, 4.69) is 0 Å². The van der Waals surface area contributed by atoms with E-state index in [1.165, 1.54) is 23.1 Å². The van der Waals surface area contributed by atoms with E-state index in [-0.39, 0.29) is 23.6 Å². The minimum absolute atomic E-state index is 0.191. The second-order valence-corrected chi connectivity index (χ2v) is 6.14. The molecule has 0 saturated heterocycles. The molecular formula is C22H15NO4. The van der Waals surface area contributed by atoms with Crippen molar-refractivity contribution >= 4 is 17.8 Å². The molecule has 1 heterocycles. The van der Waals surface area contributed by atoms with Crippen LogP contribution in [0.5, 0.6) is 5.75 Å². The zero-order valence-corrected chi connectivity index (χ0v) is 14.3. The Labute approximate surface area is 155 Å². The van der Waals surface area contributed by atoms with Crippen LogP contribution in [-0.4, -0.2) is 22.7 Å². The van der Waals surface area contributed by atoms with Gasteiger partial charge in [0.25, 0.3) is 11.8 Å². The van der Waals surface area contributed by atoms with Crippen molar-refractivity contribution in [2.45, 2.75) is 6.54 Å². The topological polar surface area (TPSA) is 63.7 Å². The van der Waals surface area contributed by atoms with Gasteiger partial charge in [0.05, 0.1) is 23.2 Å². The van der Waals surface area contributed by atoms with E-state index in [1.807, 2.05) is 36.4 Å². The summed E-state index contributed by atoms with van der Waals surface area (Å²) in [6.07, 6.45) is 0. The molecular weight excluding hydrogens is 342 g/mol. The first-order chi connectivity index (χ1) is 13.1. The Balaban J connectivity index is 1.58. The number of rotatable bonds is 4. The highest BCUT2D eigenvalue weighted by Gasteiger charge is 2.36. The minimum Gasteiger partial charge on any atom is -0.423 e. The number of hydrogen-bond acceptors (Lipinski definition) is 4. The minimum atomic E-state index is -0.578. The third-order valence-electron chi connectivity index (χ3n) is 4.34. The Bertz CT molecular complexity index is 1030. The lowest BCUT2D eigenvalue weighted by molar-refractivity contribution is 0.0641. The second kappa shape index (κ2) is 6.88. The van der Waals surface area contributed by atoms with Gasteiger partial charge in [0, 0.05) is 0 Å². The molecule has 3 aromatic rings. The molecule has 0 aromatic heterocycles. The largest absolute Gasteiger partial charge is 0.423 e. The van der Waals surface area contributed by atoms with Crippen molar-refractivity contribution in [3.05, 3.63) is 101 Å². The maximum absolute atomic E-state index is 12.7. The van der Waals surface area contributed by atoms with Gasteiger partial charge in [0.1, 0.15) is 5.75 Å². The number of esters is 1. The fourth-order valence-electron chi connectivity index (χ4n) is 2.98. The number of carbonyl (C=O) groups is 3. The molecule has 132 valence electrons. The van der Waals surface area contributed by atoms with E-state index in [4.69, 9.17) is 4.74 Å². The molecule has 27 heavy (non-hydrogen) atoms. The van der Waals surface area contributed by atoms with E-state index in [9.17, 15) is 14.4 Å². The van der Waals surface area contributed by atoms with Gasteiger partial charge < -0.3 is 4.74 Å². The van der Waals surface area contributed by atoms with E-state index < -0.39 is 11.9 Å². The Kier molecular flexibility index (Phi) is 4.26. The first kappa shape index (κ1) is 16.7. The quantitative estimate of drug-likeness (QED) is 0.406. The van der Waals surface area contributed by atoms with Crippen LogP contribution in [0, 0.1) is 0 Å². The van der Waals surface area contributed by atoms with Crippen molar-refractivity contribution in [2.24, 2.45) is 0 Å². The Morgan fingerprint density at radius 2 is 1.41 bits per heavy atom. The number of carbonyl (C=O) groups excluding carboxylic acids is 3. The highest BCUT2D eigenvalue weighted by Crippen LogP contribution is 2.26. The molecule has 0 aliphatic carbocycles. The first-order valence-corrected chi connectivity index (χ1v) is 8.45. The molecule has 1 aliphatic rings. The fraction of sp³-hybridized carbons (Fsp3) is 0.0455. The number of nitrogens with zero attached hydrogens (tertiary/aromatic N) is 1. The van der Waals surface area contributed by atoms with Gasteiger partial charge in [-0.3, -0.25) is 14.5 Å². The van der Waals surface area contributed by atoms with Gasteiger partial charge in [-0.25, -0.2) is 4.79 Å². The zero-order valence-electron chi connectivity index (χ0n) is 14.3. The van der Waals surface area contributed by atoms with Gasteiger partial charge in [-0.15, -0.1) is 0 Å². The number of amides is 2. The molecule has 0 fully saturated rings. The molecule has 5 nitrogen and oxygen atoms in total. The summed E-state index contributed by atoms with van der Waals surface area (Å²) in [5, 5.41) is 0. The summed E-state index contributed by atoms with van der Waals surface area (Å²) in [5.74, 6) is -0.933. The van der Waals surface area contributed by atoms with Crippen molar-refractivity contribution in [1.29, 1.82) is 0 Å². The summed E-state index contributed by atoms with van der Waals surface area (Å²) >= 11 is 0. The van der Waals surface area contributed by atoms with Crippen molar-refractivity contribution < 1.29 is 19.1 Å². The van der Waals surface area contributed by atoms with Crippen LogP contribution in [-0.2, 0) is 6.54 Å². The van der Waals surface area contributed by atoms with Crippen LogP contribution >= 0.6 is 0 Å². The third kappa shape index (κ3) is 3.22. The van der Waals surface area contributed by atoms with Crippen LogP contribution in [0.1, 0.15) is 36.6 Å². The summed E-state index contributed by atoms with van der Waals surface area (Å²) in [6, 6.07) is 22.4. The average Bonchev–Trinajstić information content (AvgIpc) is 2.94. The predicted octanol–water partition coefficient (Wildman–Crippen LogP) is 3.70. The van der Waals surface area contributed by atoms with Gasteiger partial charge in [0.2, 0.25) is 0 Å². The van der Waals surface area contributed by atoms with Gasteiger partial charge in [-0.1, -0.05) is 48.5 Å². The molecule has 0 radical (unpaired) electrons. The molecule has 2 amide bonds.